The number of hydrogen-bond acceptors (Lipinski definition) is 4. The molecule has 5 nitrogen and oxygen atoms in total. The fourth-order valence-electron chi connectivity index (χ4n) is 2.28. The largest absolute Gasteiger partial charge is 0.322 e. The number of benzene rings is 2. The lowest BCUT2D eigenvalue weighted by Gasteiger charge is -2.13. The lowest BCUT2D eigenvalue weighted by Crippen LogP contribution is -2.27. The first-order valence-corrected chi connectivity index (χ1v) is 9.71. The van der Waals surface area contributed by atoms with E-state index in [2.05, 4.69) is 27.9 Å². The predicted octanol–water partition coefficient (Wildman–Crippen LogP) is 4.39. The molecule has 2 aromatic carbocycles. The van der Waals surface area contributed by atoms with Crippen molar-refractivity contribution < 1.29 is 14.4 Å². The third-order valence-corrected chi connectivity index (χ3v) is 5.60. The van der Waals surface area contributed by atoms with Crippen LogP contribution in [0.1, 0.15) is 15.9 Å². The van der Waals surface area contributed by atoms with Gasteiger partial charge in [0, 0.05) is 14.3 Å². The average Bonchev–Trinajstić information content (AvgIpc) is 2.90. The molecule has 1 saturated heterocycles. The Hall–Kier alpha value is -1.58. The van der Waals surface area contributed by atoms with Gasteiger partial charge in [0.25, 0.3) is 11.1 Å². The molecular weight excluding hydrogens is 475 g/mol. The first-order valence-electron chi connectivity index (χ1n) is 7.26. The Morgan fingerprint density at radius 3 is 2.56 bits per heavy atom. The Morgan fingerprint density at radius 1 is 1.20 bits per heavy atom. The summed E-state index contributed by atoms with van der Waals surface area (Å²) >= 11 is 9.04. The van der Waals surface area contributed by atoms with Crippen LogP contribution in [0.3, 0.4) is 0 Å². The number of rotatable bonds is 4. The summed E-state index contributed by atoms with van der Waals surface area (Å²) in [5, 5.41) is 3.09. The van der Waals surface area contributed by atoms with Crippen LogP contribution in [0.4, 0.5) is 10.5 Å². The number of carbonyl (C=O) groups is 3. The van der Waals surface area contributed by atoms with Crippen molar-refractivity contribution >= 4 is 68.7 Å². The van der Waals surface area contributed by atoms with Crippen LogP contribution in [0.5, 0.6) is 0 Å². The number of amides is 3. The molecule has 0 atom stereocenters. The molecule has 3 amide bonds. The molecule has 0 saturated carbocycles. The number of halogens is 2. The van der Waals surface area contributed by atoms with E-state index in [0.717, 1.165) is 20.9 Å². The number of anilines is 1. The standard InChI is InChI=1S/C17H12ClIN2O3S/c18-11-3-6-14(19)13(7-11)16(23)20-12-4-1-10(2-5-12)8-21-15(22)9-25-17(21)24/h1-7H,8-9H2,(H,20,23). The molecular formula is C17H12ClIN2O3S. The maximum atomic E-state index is 12.4. The van der Waals surface area contributed by atoms with Crippen molar-refractivity contribution in [3.05, 3.63) is 62.2 Å². The number of nitrogens with one attached hydrogen (secondary N) is 1. The maximum absolute atomic E-state index is 12.4. The predicted molar refractivity (Wildman–Crippen MR) is 107 cm³/mol. The molecule has 3 rings (SSSR count). The van der Waals surface area contributed by atoms with E-state index in [1.54, 1.807) is 42.5 Å². The molecule has 25 heavy (non-hydrogen) atoms. The zero-order valence-electron chi connectivity index (χ0n) is 12.8. The van der Waals surface area contributed by atoms with Crippen molar-refractivity contribution in [2.24, 2.45) is 0 Å². The average molecular weight is 487 g/mol. The zero-order valence-corrected chi connectivity index (χ0v) is 16.5. The molecule has 1 N–H and O–H groups in total. The van der Waals surface area contributed by atoms with Gasteiger partial charge in [0.15, 0.2) is 0 Å². The van der Waals surface area contributed by atoms with Crippen molar-refractivity contribution in [2.75, 3.05) is 11.1 Å². The third kappa shape index (κ3) is 4.34. The number of carbonyl (C=O) groups excluding carboxylic acids is 3. The fraction of sp³-hybridized carbons (Fsp3) is 0.118. The Labute approximate surface area is 167 Å². The molecule has 1 heterocycles. The number of hydrogen-bond donors (Lipinski definition) is 1. The quantitative estimate of drug-likeness (QED) is 0.651. The summed E-state index contributed by atoms with van der Waals surface area (Å²) in [4.78, 5) is 36.8. The van der Waals surface area contributed by atoms with E-state index >= 15 is 0 Å². The Bertz CT molecular complexity index is 841. The molecule has 0 spiro atoms. The molecule has 0 aliphatic carbocycles. The summed E-state index contributed by atoms with van der Waals surface area (Å²) < 4.78 is 0.805. The highest BCUT2D eigenvalue weighted by molar-refractivity contribution is 14.1. The van der Waals surface area contributed by atoms with Gasteiger partial charge in [-0.15, -0.1) is 0 Å². The molecule has 0 radical (unpaired) electrons. The maximum Gasteiger partial charge on any atom is 0.289 e. The van der Waals surface area contributed by atoms with E-state index in [4.69, 9.17) is 11.6 Å². The van der Waals surface area contributed by atoms with E-state index in [1.165, 1.54) is 4.90 Å². The van der Waals surface area contributed by atoms with Crippen molar-refractivity contribution in [3.63, 3.8) is 0 Å². The summed E-state index contributed by atoms with van der Waals surface area (Å²) in [5.41, 5.74) is 1.94. The molecule has 1 aliphatic rings. The van der Waals surface area contributed by atoms with E-state index in [9.17, 15) is 14.4 Å². The molecule has 1 aliphatic heterocycles. The molecule has 0 bridgehead atoms. The third-order valence-electron chi connectivity index (χ3n) is 3.57. The van der Waals surface area contributed by atoms with E-state index in [0.29, 0.717) is 16.3 Å². The smallest absolute Gasteiger partial charge is 0.289 e. The van der Waals surface area contributed by atoms with Crippen LogP contribution in [0.2, 0.25) is 5.02 Å². The van der Waals surface area contributed by atoms with Crippen molar-refractivity contribution in [2.45, 2.75) is 6.54 Å². The van der Waals surface area contributed by atoms with Crippen LogP contribution < -0.4 is 5.32 Å². The van der Waals surface area contributed by atoms with Crippen LogP contribution in [-0.2, 0) is 11.3 Å². The highest BCUT2D eigenvalue weighted by atomic mass is 127. The summed E-state index contributed by atoms with van der Waals surface area (Å²) in [6.07, 6.45) is 0. The van der Waals surface area contributed by atoms with Gasteiger partial charge in [0.05, 0.1) is 17.9 Å². The topological polar surface area (TPSA) is 66.5 Å². The Balaban J connectivity index is 1.68. The Kier molecular flexibility index (Phi) is 5.65. The van der Waals surface area contributed by atoms with Gasteiger partial charge in [-0.05, 0) is 58.5 Å². The molecule has 1 fully saturated rings. The van der Waals surface area contributed by atoms with Crippen molar-refractivity contribution in [1.82, 2.24) is 4.90 Å². The lowest BCUT2D eigenvalue weighted by atomic mass is 10.1. The first-order chi connectivity index (χ1) is 11.9. The molecule has 0 unspecified atom stereocenters. The van der Waals surface area contributed by atoms with Gasteiger partial charge in [0.2, 0.25) is 5.91 Å². The van der Waals surface area contributed by atoms with Gasteiger partial charge < -0.3 is 5.32 Å². The van der Waals surface area contributed by atoms with Gasteiger partial charge in [-0.25, -0.2) is 0 Å². The fourth-order valence-corrected chi connectivity index (χ4v) is 3.76. The second-order valence-electron chi connectivity index (χ2n) is 5.31. The molecule has 8 heteroatoms. The van der Waals surface area contributed by atoms with Gasteiger partial charge in [0.1, 0.15) is 0 Å². The number of imide groups is 1. The van der Waals surface area contributed by atoms with Gasteiger partial charge in [-0.1, -0.05) is 35.5 Å². The Morgan fingerprint density at radius 2 is 1.92 bits per heavy atom. The highest BCUT2D eigenvalue weighted by Crippen LogP contribution is 2.23. The minimum Gasteiger partial charge on any atom is -0.322 e. The summed E-state index contributed by atoms with van der Waals surface area (Å²) in [5.74, 6) is -0.227. The second kappa shape index (κ2) is 7.76. The monoisotopic (exact) mass is 486 g/mol. The van der Waals surface area contributed by atoms with Crippen LogP contribution in [0, 0.1) is 3.57 Å². The SMILES string of the molecule is O=C(Nc1ccc(CN2C(=O)CSC2=O)cc1)c1cc(Cl)ccc1I. The number of thioether (sulfide) groups is 1. The zero-order chi connectivity index (χ0) is 18.0. The molecule has 0 aromatic heterocycles. The van der Waals surface area contributed by atoms with Crippen molar-refractivity contribution in [1.29, 1.82) is 0 Å². The van der Waals surface area contributed by atoms with Crippen LogP contribution >= 0.6 is 46.0 Å². The summed E-state index contributed by atoms with van der Waals surface area (Å²) in [7, 11) is 0. The minimum absolute atomic E-state index is 0.178. The van der Waals surface area contributed by atoms with Crippen LogP contribution in [0.15, 0.2) is 42.5 Å². The highest BCUT2D eigenvalue weighted by Gasteiger charge is 2.29. The molecule has 128 valence electrons. The first kappa shape index (κ1) is 18.2. The number of nitrogens with zero attached hydrogens (tertiary/aromatic N) is 1. The van der Waals surface area contributed by atoms with Gasteiger partial charge >= 0.3 is 0 Å². The van der Waals surface area contributed by atoms with E-state index < -0.39 is 0 Å². The van der Waals surface area contributed by atoms with E-state index in [1.807, 2.05) is 0 Å². The summed E-state index contributed by atoms with van der Waals surface area (Å²) in [6.45, 7) is 0.241. The summed E-state index contributed by atoms with van der Waals surface area (Å²) in [6, 6.07) is 12.2. The second-order valence-corrected chi connectivity index (χ2v) is 7.83. The van der Waals surface area contributed by atoms with Crippen molar-refractivity contribution in [3.8, 4) is 0 Å². The van der Waals surface area contributed by atoms with Crippen LogP contribution in [-0.4, -0.2) is 27.7 Å². The van der Waals surface area contributed by atoms with Gasteiger partial charge in [-0.2, -0.15) is 0 Å². The molecule has 2 aromatic rings. The van der Waals surface area contributed by atoms with Crippen LogP contribution in [0.25, 0.3) is 0 Å². The minimum atomic E-state index is -0.249. The normalized spacial score (nSPS) is 14.1. The van der Waals surface area contributed by atoms with E-state index in [-0.39, 0.29) is 29.4 Å². The van der Waals surface area contributed by atoms with Gasteiger partial charge in [-0.3, -0.25) is 19.3 Å². The lowest BCUT2D eigenvalue weighted by molar-refractivity contribution is -0.125.